The molecular weight excluding hydrogens is 228 g/mol. The van der Waals surface area contributed by atoms with Gasteiger partial charge in [-0.05, 0) is 29.8 Å². The van der Waals surface area contributed by atoms with Gasteiger partial charge >= 0.3 is 0 Å². The zero-order valence-corrected chi connectivity index (χ0v) is 10.6. The third-order valence-corrected chi connectivity index (χ3v) is 3.07. The Balaban J connectivity index is 2.46. The first-order valence-electron chi connectivity index (χ1n) is 5.84. The SMILES string of the molecule is COc1ccc(OC)c(C(CN)c2cc[nH]c2)c1. The molecule has 0 bridgehead atoms. The van der Waals surface area contributed by atoms with E-state index in [2.05, 4.69) is 4.98 Å². The van der Waals surface area contributed by atoms with Crippen LogP contribution in [0, 0.1) is 0 Å². The molecule has 2 aromatic rings. The topological polar surface area (TPSA) is 60.3 Å². The van der Waals surface area contributed by atoms with E-state index >= 15 is 0 Å². The maximum atomic E-state index is 5.90. The number of aromatic nitrogens is 1. The number of H-pyrrole nitrogens is 1. The van der Waals surface area contributed by atoms with Crippen molar-refractivity contribution < 1.29 is 9.47 Å². The summed E-state index contributed by atoms with van der Waals surface area (Å²) < 4.78 is 10.7. The smallest absolute Gasteiger partial charge is 0.122 e. The third kappa shape index (κ3) is 2.33. The molecule has 0 aliphatic heterocycles. The normalized spacial score (nSPS) is 12.2. The number of hydrogen-bond donors (Lipinski definition) is 2. The summed E-state index contributed by atoms with van der Waals surface area (Å²) in [6.07, 6.45) is 3.85. The Kier molecular flexibility index (Phi) is 3.89. The van der Waals surface area contributed by atoms with Gasteiger partial charge in [-0.15, -0.1) is 0 Å². The summed E-state index contributed by atoms with van der Waals surface area (Å²) in [7, 11) is 3.31. The van der Waals surface area contributed by atoms with E-state index in [1.165, 1.54) is 0 Å². The summed E-state index contributed by atoms with van der Waals surface area (Å²) in [6.45, 7) is 0.515. The molecule has 18 heavy (non-hydrogen) atoms. The van der Waals surface area contributed by atoms with Gasteiger partial charge < -0.3 is 20.2 Å². The summed E-state index contributed by atoms with van der Waals surface area (Å²) in [5.41, 5.74) is 8.08. The number of nitrogens with two attached hydrogens (primary N) is 1. The monoisotopic (exact) mass is 246 g/mol. The zero-order valence-electron chi connectivity index (χ0n) is 10.6. The maximum Gasteiger partial charge on any atom is 0.122 e. The Hall–Kier alpha value is -1.94. The summed E-state index contributed by atoms with van der Waals surface area (Å²) in [5.74, 6) is 1.73. The van der Waals surface area contributed by atoms with Gasteiger partial charge in [-0.25, -0.2) is 0 Å². The number of ether oxygens (including phenoxy) is 2. The zero-order chi connectivity index (χ0) is 13.0. The standard InChI is InChI=1S/C14H18N2O2/c1-17-11-3-4-14(18-2)12(7-11)13(8-15)10-5-6-16-9-10/h3-7,9,13,16H,8,15H2,1-2H3. The fourth-order valence-corrected chi connectivity index (χ4v) is 2.11. The van der Waals surface area contributed by atoms with Gasteiger partial charge in [0.2, 0.25) is 0 Å². The van der Waals surface area contributed by atoms with E-state index in [0.29, 0.717) is 6.54 Å². The Bertz CT molecular complexity index is 495. The number of aromatic amines is 1. The fraction of sp³-hybridized carbons (Fsp3) is 0.286. The Morgan fingerprint density at radius 2 is 2.06 bits per heavy atom. The number of methoxy groups -OCH3 is 2. The molecule has 0 saturated carbocycles. The lowest BCUT2D eigenvalue weighted by atomic mass is 9.92. The van der Waals surface area contributed by atoms with Crippen molar-refractivity contribution in [2.45, 2.75) is 5.92 Å². The van der Waals surface area contributed by atoms with Crippen molar-refractivity contribution in [1.82, 2.24) is 4.98 Å². The van der Waals surface area contributed by atoms with Crippen LogP contribution in [0.5, 0.6) is 11.5 Å². The van der Waals surface area contributed by atoms with Gasteiger partial charge in [0.05, 0.1) is 14.2 Å². The molecule has 1 heterocycles. The van der Waals surface area contributed by atoms with Crippen LogP contribution in [0.4, 0.5) is 0 Å². The Labute approximate surface area is 107 Å². The van der Waals surface area contributed by atoms with Gasteiger partial charge in [-0.2, -0.15) is 0 Å². The van der Waals surface area contributed by atoms with E-state index in [4.69, 9.17) is 15.2 Å². The molecule has 0 saturated heterocycles. The van der Waals surface area contributed by atoms with Crippen molar-refractivity contribution in [3.8, 4) is 11.5 Å². The van der Waals surface area contributed by atoms with E-state index in [9.17, 15) is 0 Å². The third-order valence-electron chi connectivity index (χ3n) is 3.07. The second-order valence-corrected chi connectivity index (χ2v) is 4.04. The second kappa shape index (κ2) is 5.60. The molecular formula is C14H18N2O2. The van der Waals surface area contributed by atoms with Crippen molar-refractivity contribution in [3.63, 3.8) is 0 Å². The van der Waals surface area contributed by atoms with Crippen molar-refractivity contribution >= 4 is 0 Å². The highest BCUT2D eigenvalue weighted by molar-refractivity contribution is 5.46. The molecule has 0 aliphatic rings. The summed E-state index contributed by atoms with van der Waals surface area (Å²) in [6, 6.07) is 7.79. The van der Waals surface area contributed by atoms with Gasteiger partial charge in [0.25, 0.3) is 0 Å². The highest BCUT2D eigenvalue weighted by Crippen LogP contribution is 2.33. The van der Waals surface area contributed by atoms with Crippen molar-refractivity contribution in [1.29, 1.82) is 0 Å². The molecule has 1 aromatic heterocycles. The van der Waals surface area contributed by atoms with Crippen LogP contribution >= 0.6 is 0 Å². The lowest BCUT2D eigenvalue weighted by molar-refractivity contribution is 0.397. The molecule has 4 nitrogen and oxygen atoms in total. The lowest BCUT2D eigenvalue weighted by Gasteiger charge is -2.18. The lowest BCUT2D eigenvalue weighted by Crippen LogP contribution is -2.14. The summed E-state index contributed by atoms with van der Waals surface area (Å²) >= 11 is 0. The first-order chi connectivity index (χ1) is 8.80. The van der Waals surface area contributed by atoms with Crippen LogP contribution in [0.2, 0.25) is 0 Å². The van der Waals surface area contributed by atoms with Gasteiger partial charge in [0, 0.05) is 30.4 Å². The molecule has 0 fully saturated rings. The number of nitrogens with one attached hydrogen (secondary N) is 1. The first-order valence-corrected chi connectivity index (χ1v) is 5.84. The van der Waals surface area contributed by atoms with Crippen LogP contribution in [0.3, 0.4) is 0 Å². The van der Waals surface area contributed by atoms with Gasteiger partial charge in [-0.3, -0.25) is 0 Å². The van der Waals surface area contributed by atoms with Crippen LogP contribution in [0.1, 0.15) is 17.0 Å². The van der Waals surface area contributed by atoms with Gasteiger partial charge in [0.15, 0.2) is 0 Å². The van der Waals surface area contributed by atoms with Crippen molar-refractivity contribution in [2.24, 2.45) is 5.73 Å². The molecule has 1 aromatic carbocycles. The largest absolute Gasteiger partial charge is 0.497 e. The molecule has 0 radical (unpaired) electrons. The molecule has 0 spiro atoms. The minimum Gasteiger partial charge on any atom is -0.497 e. The summed E-state index contributed by atoms with van der Waals surface area (Å²) in [5, 5.41) is 0. The number of hydrogen-bond acceptors (Lipinski definition) is 3. The number of benzene rings is 1. The van der Waals surface area contributed by atoms with E-state index in [0.717, 1.165) is 22.6 Å². The van der Waals surface area contributed by atoms with E-state index in [-0.39, 0.29) is 5.92 Å². The minimum atomic E-state index is 0.0984. The molecule has 0 aliphatic carbocycles. The highest BCUT2D eigenvalue weighted by atomic mass is 16.5. The molecule has 2 rings (SSSR count). The Morgan fingerprint density at radius 3 is 2.61 bits per heavy atom. The fourth-order valence-electron chi connectivity index (χ4n) is 2.11. The van der Waals surface area contributed by atoms with E-state index in [1.807, 2.05) is 36.7 Å². The minimum absolute atomic E-state index is 0.0984. The average Bonchev–Trinajstić information content (AvgIpc) is 2.93. The van der Waals surface area contributed by atoms with Crippen LogP contribution in [0.15, 0.2) is 36.7 Å². The van der Waals surface area contributed by atoms with Crippen LogP contribution in [0.25, 0.3) is 0 Å². The molecule has 0 amide bonds. The molecule has 3 N–H and O–H groups in total. The molecule has 96 valence electrons. The average molecular weight is 246 g/mol. The van der Waals surface area contributed by atoms with Crippen LogP contribution in [-0.2, 0) is 0 Å². The molecule has 1 atom stereocenters. The van der Waals surface area contributed by atoms with Crippen molar-refractivity contribution in [3.05, 3.63) is 47.8 Å². The number of rotatable bonds is 5. The predicted molar refractivity (Wildman–Crippen MR) is 71.2 cm³/mol. The second-order valence-electron chi connectivity index (χ2n) is 4.04. The highest BCUT2D eigenvalue weighted by Gasteiger charge is 2.18. The van der Waals surface area contributed by atoms with Gasteiger partial charge in [0.1, 0.15) is 11.5 Å². The van der Waals surface area contributed by atoms with Gasteiger partial charge in [-0.1, -0.05) is 0 Å². The predicted octanol–water partition coefficient (Wildman–Crippen LogP) is 2.12. The van der Waals surface area contributed by atoms with Crippen LogP contribution < -0.4 is 15.2 Å². The van der Waals surface area contributed by atoms with E-state index in [1.54, 1.807) is 14.2 Å². The van der Waals surface area contributed by atoms with Crippen molar-refractivity contribution in [2.75, 3.05) is 20.8 Å². The quantitative estimate of drug-likeness (QED) is 0.849. The van der Waals surface area contributed by atoms with E-state index < -0.39 is 0 Å². The molecule has 1 unspecified atom stereocenters. The maximum absolute atomic E-state index is 5.90. The van der Waals surface area contributed by atoms with Crippen LogP contribution in [-0.4, -0.2) is 25.7 Å². The molecule has 4 heteroatoms. The summed E-state index contributed by atoms with van der Waals surface area (Å²) in [4.78, 5) is 3.05. The first kappa shape index (κ1) is 12.5. The Morgan fingerprint density at radius 1 is 1.22 bits per heavy atom.